The molecule has 0 saturated carbocycles. The van der Waals surface area contributed by atoms with E-state index in [1.54, 1.807) is 0 Å². The lowest BCUT2D eigenvalue weighted by atomic mass is 10.0. The fraction of sp³-hybridized carbons (Fsp3) is 0. The highest BCUT2D eigenvalue weighted by atomic mass is 16.3. The van der Waals surface area contributed by atoms with Crippen molar-refractivity contribution in [3.63, 3.8) is 0 Å². The molecule has 0 unspecified atom stereocenters. The number of hydrogen-bond donors (Lipinski definition) is 0. The highest BCUT2D eigenvalue weighted by Crippen LogP contribution is 2.46. The van der Waals surface area contributed by atoms with Crippen molar-refractivity contribution >= 4 is 71.6 Å². The van der Waals surface area contributed by atoms with Crippen LogP contribution in [0.15, 0.2) is 217 Å². The van der Waals surface area contributed by atoms with E-state index in [0.29, 0.717) is 23.2 Å². The van der Waals surface area contributed by atoms with Gasteiger partial charge in [-0.05, 0) is 88.6 Å². The van der Waals surface area contributed by atoms with Crippen LogP contribution in [0.5, 0.6) is 0 Å². The molecule has 0 spiro atoms. The average Bonchev–Trinajstić information content (AvgIpc) is 3.87. The van der Waals surface area contributed by atoms with E-state index in [-0.39, 0.29) is 0 Å². The van der Waals surface area contributed by atoms with Crippen molar-refractivity contribution in [2.45, 2.75) is 0 Å². The Morgan fingerprint density at radius 1 is 0.410 bits per heavy atom. The molecule has 12 aromatic rings. The maximum Gasteiger partial charge on any atom is 0.238 e. The van der Waals surface area contributed by atoms with E-state index < -0.39 is 0 Å². The molecule has 9 aromatic carbocycles. The van der Waals surface area contributed by atoms with E-state index in [1.165, 1.54) is 5.56 Å². The first kappa shape index (κ1) is 34.7. The largest absolute Gasteiger partial charge is 0.455 e. The smallest absolute Gasteiger partial charge is 0.238 e. The van der Waals surface area contributed by atoms with E-state index in [2.05, 4.69) is 173 Å². The molecule has 6 heteroatoms. The van der Waals surface area contributed by atoms with E-state index in [9.17, 15) is 0 Å². The Balaban J connectivity index is 1.15. The number of nitrogens with zero attached hydrogens (tertiary/aromatic N) is 5. The second kappa shape index (κ2) is 14.2. The Labute approximate surface area is 351 Å². The van der Waals surface area contributed by atoms with Gasteiger partial charge >= 0.3 is 0 Å². The highest BCUT2D eigenvalue weighted by Gasteiger charge is 2.25. The van der Waals surface area contributed by atoms with Gasteiger partial charge in [0.2, 0.25) is 5.95 Å². The Bertz CT molecular complexity index is 3540. The molecule has 0 radical (unpaired) electrons. The Hall–Kier alpha value is -8.35. The molecule has 286 valence electrons. The van der Waals surface area contributed by atoms with Crippen LogP contribution in [0.4, 0.5) is 17.1 Å². The minimum absolute atomic E-state index is 0.516. The molecule has 0 atom stereocenters. The fourth-order valence-electron chi connectivity index (χ4n) is 8.79. The fourth-order valence-corrected chi connectivity index (χ4v) is 8.79. The summed E-state index contributed by atoms with van der Waals surface area (Å²) in [6.07, 6.45) is 0. The number of anilines is 3. The maximum absolute atomic E-state index is 7.05. The Morgan fingerprint density at radius 2 is 1.00 bits per heavy atom. The number of furan rings is 1. The molecule has 12 rings (SSSR count). The van der Waals surface area contributed by atoms with Crippen molar-refractivity contribution in [2.24, 2.45) is 0 Å². The Morgan fingerprint density at radius 3 is 1.72 bits per heavy atom. The number of hydrogen-bond acceptors (Lipinski definition) is 5. The van der Waals surface area contributed by atoms with Gasteiger partial charge in [-0.1, -0.05) is 146 Å². The molecule has 61 heavy (non-hydrogen) atoms. The number of fused-ring (bicyclic) bond motifs is 7. The van der Waals surface area contributed by atoms with Crippen LogP contribution in [0.2, 0.25) is 0 Å². The zero-order valence-electron chi connectivity index (χ0n) is 32.9. The first-order chi connectivity index (χ1) is 30.2. The van der Waals surface area contributed by atoms with Gasteiger partial charge in [0.05, 0.1) is 27.7 Å². The molecule has 6 nitrogen and oxygen atoms in total. The first-order valence-electron chi connectivity index (χ1n) is 20.4. The van der Waals surface area contributed by atoms with Gasteiger partial charge in [0, 0.05) is 33.1 Å². The van der Waals surface area contributed by atoms with Gasteiger partial charge < -0.3 is 9.32 Å². The second-order valence-corrected chi connectivity index (χ2v) is 15.2. The van der Waals surface area contributed by atoms with Gasteiger partial charge in [-0.3, -0.25) is 4.57 Å². The SMILES string of the molecule is c1ccc(-c2ccc3c(c2)c2ccccc2n3-c2nc(-c3ccccc3)nc(-c3ccc(N(c4ccccc4)c4ccccc4)c4c3oc3cc5ccccc5cc34)n2)cc1. The van der Waals surface area contributed by atoms with Gasteiger partial charge in [-0.2, -0.15) is 9.97 Å². The quantitative estimate of drug-likeness (QED) is 0.161. The molecular weight excluding hydrogens is 747 g/mol. The number of para-hydroxylation sites is 3. The van der Waals surface area contributed by atoms with Gasteiger partial charge in [0.25, 0.3) is 0 Å². The van der Waals surface area contributed by atoms with Crippen LogP contribution < -0.4 is 4.90 Å². The summed E-state index contributed by atoms with van der Waals surface area (Å²) in [5.41, 5.74) is 10.5. The summed E-state index contributed by atoms with van der Waals surface area (Å²) in [6.45, 7) is 0. The predicted molar refractivity (Wildman–Crippen MR) is 250 cm³/mol. The molecular formula is C55H35N5O. The molecule has 0 bridgehead atoms. The van der Waals surface area contributed by atoms with Crippen LogP contribution >= 0.6 is 0 Å². The standard InChI is InChI=1S/C55H35N5O/c1-5-17-36(18-6-1)40-29-31-48-45(33-40)43-27-15-16-28-47(43)60(48)55-57-53(37-19-7-2-8-20-37)56-54(58-55)44-30-32-49(59(41-23-9-3-10-24-41)42-25-11-4-12-26-42)51-46-34-38-21-13-14-22-39(38)35-50(46)61-52(44)51/h1-35H. The molecule has 0 aliphatic rings. The summed E-state index contributed by atoms with van der Waals surface area (Å²) in [4.78, 5) is 18.2. The van der Waals surface area contributed by atoms with Crippen molar-refractivity contribution in [3.05, 3.63) is 212 Å². The van der Waals surface area contributed by atoms with Crippen molar-refractivity contribution < 1.29 is 4.42 Å². The monoisotopic (exact) mass is 781 g/mol. The predicted octanol–water partition coefficient (Wildman–Crippen LogP) is 14.5. The number of aromatic nitrogens is 4. The van der Waals surface area contributed by atoms with Crippen LogP contribution in [0.1, 0.15) is 0 Å². The molecule has 3 heterocycles. The van der Waals surface area contributed by atoms with Crippen molar-refractivity contribution in [1.29, 1.82) is 0 Å². The van der Waals surface area contributed by atoms with E-state index in [4.69, 9.17) is 19.4 Å². The second-order valence-electron chi connectivity index (χ2n) is 15.2. The molecule has 0 saturated heterocycles. The van der Waals surface area contributed by atoms with Gasteiger partial charge in [0.15, 0.2) is 11.6 Å². The summed E-state index contributed by atoms with van der Waals surface area (Å²) in [5, 5.41) is 6.47. The third-order valence-electron chi connectivity index (χ3n) is 11.6. The van der Waals surface area contributed by atoms with Crippen LogP contribution in [-0.4, -0.2) is 19.5 Å². The van der Waals surface area contributed by atoms with Gasteiger partial charge in [-0.25, -0.2) is 4.98 Å². The third-order valence-corrected chi connectivity index (χ3v) is 11.6. The van der Waals surface area contributed by atoms with Crippen molar-refractivity contribution in [2.75, 3.05) is 4.90 Å². The first-order valence-corrected chi connectivity index (χ1v) is 20.4. The minimum atomic E-state index is 0.516. The van der Waals surface area contributed by atoms with Gasteiger partial charge in [-0.15, -0.1) is 0 Å². The van der Waals surface area contributed by atoms with Crippen LogP contribution in [-0.2, 0) is 0 Å². The molecule has 3 aromatic heterocycles. The average molecular weight is 782 g/mol. The normalized spacial score (nSPS) is 11.6. The topological polar surface area (TPSA) is 60.0 Å². The molecule has 0 aliphatic carbocycles. The van der Waals surface area contributed by atoms with E-state index >= 15 is 0 Å². The lowest BCUT2D eigenvalue weighted by molar-refractivity contribution is 0.670. The number of rotatable bonds is 7. The highest BCUT2D eigenvalue weighted by molar-refractivity contribution is 6.19. The van der Waals surface area contributed by atoms with Crippen LogP contribution in [0.25, 0.3) is 94.4 Å². The van der Waals surface area contributed by atoms with Crippen molar-refractivity contribution in [1.82, 2.24) is 19.5 Å². The van der Waals surface area contributed by atoms with E-state index in [0.717, 1.165) is 82.7 Å². The Kier molecular flexibility index (Phi) is 8.06. The van der Waals surface area contributed by atoms with Gasteiger partial charge in [0.1, 0.15) is 11.2 Å². The summed E-state index contributed by atoms with van der Waals surface area (Å²) in [5.74, 6) is 1.61. The maximum atomic E-state index is 7.05. The molecule has 0 aliphatic heterocycles. The minimum Gasteiger partial charge on any atom is -0.455 e. The summed E-state index contributed by atoms with van der Waals surface area (Å²) < 4.78 is 9.21. The zero-order valence-corrected chi connectivity index (χ0v) is 32.9. The molecule has 0 N–H and O–H groups in total. The lowest BCUT2D eigenvalue weighted by Gasteiger charge is -2.26. The summed E-state index contributed by atoms with van der Waals surface area (Å²) in [7, 11) is 0. The molecule has 0 amide bonds. The molecule has 0 fully saturated rings. The van der Waals surface area contributed by atoms with Crippen LogP contribution in [0, 0.1) is 0 Å². The third kappa shape index (κ3) is 5.84. The van der Waals surface area contributed by atoms with E-state index in [1.807, 2.05) is 48.5 Å². The lowest BCUT2D eigenvalue weighted by Crippen LogP contribution is -2.10. The summed E-state index contributed by atoms with van der Waals surface area (Å²) >= 11 is 0. The van der Waals surface area contributed by atoms with Crippen LogP contribution in [0.3, 0.4) is 0 Å². The zero-order chi connectivity index (χ0) is 40.3. The van der Waals surface area contributed by atoms with Crippen molar-refractivity contribution in [3.8, 4) is 39.9 Å². The summed E-state index contributed by atoms with van der Waals surface area (Å²) in [6, 6.07) is 73.8. The number of benzene rings is 9.